The van der Waals surface area contributed by atoms with E-state index in [2.05, 4.69) is 10.3 Å². The molecular weight excluding hydrogens is 276 g/mol. The Morgan fingerprint density at radius 1 is 1.19 bits per heavy atom. The number of hydrogen-bond donors (Lipinski definition) is 4. The molecule has 7 heteroatoms. The summed E-state index contributed by atoms with van der Waals surface area (Å²) in [7, 11) is 0. The summed E-state index contributed by atoms with van der Waals surface area (Å²) in [5.41, 5.74) is 0.998. The molecule has 0 spiro atoms. The van der Waals surface area contributed by atoms with Crippen LogP contribution in [0.5, 0.6) is 0 Å². The maximum atomic E-state index is 12.0. The van der Waals surface area contributed by atoms with E-state index < -0.39 is 23.9 Å². The smallest absolute Gasteiger partial charge is 0.326 e. The highest BCUT2D eigenvalue weighted by atomic mass is 16.4. The Bertz CT molecular complexity index is 658. The molecule has 0 saturated heterocycles. The van der Waals surface area contributed by atoms with E-state index in [1.54, 1.807) is 12.1 Å². The molecule has 110 valence electrons. The van der Waals surface area contributed by atoms with Crippen molar-refractivity contribution in [1.29, 1.82) is 0 Å². The zero-order valence-electron chi connectivity index (χ0n) is 11.0. The molecule has 0 saturated carbocycles. The summed E-state index contributed by atoms with van der Waals surface area (Å²) in [4.78, 5) is 36.4. The number of carboxylic acid groups (broad SMARTS) is 2. The second-order valence-corrected chi connectivity index (χ2v) is 4.57. The Morgan fingerprint density at radius 3 is 2.52 bits per heavy atom. The minimum Gasteiger partial charge on any atom is -0.481 e. The van der Waals surface area contributed by atoms with Gasteiger partial charge >= 0.3 is 11.9 Å². The average molecular weight is 290 g/mol. The van der Waals surface area contributed by atoms with E-state index in [1.165, 1.54) is 0 Å². The van der Waals surface area contributed by atoms with Crippen molar-refractivity contribution in [2.24, 2.45) is 0 Å². The number of nitrogens with one attached hydrogen (secondary N) is 2. The van der Waals surface area contributed by atoms with Crippen molar-refractivity contribution < 1.29 is 24.6 Å². The van der Waals surface area contributed by atoms with Gasteiger partial charge in [0, 0.05) is 17.3 Å². The standard InChI is InChI=1S/C14H14N2O5/c17-12(18)6-5-10(14(20)21)16-13(19)11-7-8-3-1-2-4-9(8)15-11/h1-4,7,10,15H,5-6H2,(H,16,19)(H,17,18)(H,20,21). The number of fused-ring (bicyclic) bond motifs is 1. The van der Waals surface area contributed by atoms with E-state index in [4.69, 9.17) is 10.2 Å². The molecule has 7 nitrogen and oxygen atoms in total. The normalized spacial score (nSPS) is 12.0. The van der Waals surface area contributed by atoms with Gasteiger partial charge in [-0.3, -0.25) is 9.59 Å². The topological polar surface area (TPSA) is 119 Å². The zero-order valence-corrected chi connectivity index (χ0v) is 11.0. The minimum atomic E-state index is -1.26. The molecular formula is C14H14N2O5. The number of benzene rings is 1. The molecule has 0 bridgehead atoms. The summed E-state index contributed by atoms with van der Waals surface area (Å²) >= 11 is 0. The summed E-state index contributed by atoms with van der Waals surface area (Å²) in [6.07, 6.45) is -0.499. The maximum absolute atomic E-state index is 12.0. The van der Waals surface area contributed by atoms with Gasteiger partial charge in [0.15, 0.2) is 0 Å². The van der Waals surface area contributed by atoms with E-state index in [-0.39, 0.29) is 18.5 Å². The lowest BCUT2D eigenvalue weighted by Gasteiger charge is -2.12. The molecule has 1 amide bonds. The zero-order chi connectivity index (χ0) is 15.4. The molecule has 0 aliphatic carbocycles. The van der Waals surface area contributed by atoms with Gasteiger partial charge in [-0.05, 0) is 18.6 Å². The number of para-hydroxylation sites is 1. The number of carbonyl (C=O) groups is 3. The van der Waals surface area contributed by atoms with Crippen molar-refractivity contribution in [1.82, 2.24) is 10.3 Å². The summed E-state index contributed by atoms with van der Waals surface area (Å²) in [5.74, 6) is -2.95. The third-order valence-corrected chi connectivity index (χ3v) is 3.02. The van der Waals surface area contributed by atoms with Crippen LogP contribution in [0.25, 0.3) is 10.9 Å². The van der Waals surface area contributed by atoms with Crippen molar-refractivity contribution in [3.05, 3.63) is 36.0 Å². The maximum Gasteiger partial charge on any atom is 0.326 e. The first-order valence-electron chi connectivity index (χ1n) is 6.30. The predicted molar refractivity (Wildman–Crippen MR) is 74.1 cm³/mol. The van der Waals surface area contributed by atoms with Crippen LogP contribution in [0, 0.1) is 0 Å². The molecule has 1 aromatic carbocycles. The van der Waals surface area contributed by atoms with Gasteiger partial charge < -0.3 is 20.5 Å². The average Bonchev–Trinajstić information content (AvgIpc) is 2.86. The van der Waals surface area contributed by atoms with E-state index in [0.29, 0.717) is 0 Å². The Hall–Kier alpha value is -2.83. The summed E-state index contributed by atoms with van der Waals surface area (Å²) in [6, 6.07) is 7.63. The van der Waals surface area contributed by atoms with Gasteiger partial charge in [-0.1, -0.05) is 18.2 Å². The van der Waals surface area contributed by atoms with E-state index in [1.807, 2.05) is 18.2 Å². The van der Waals surface area contributed by atoms with Crippen LogP contribution in [0.3, 0.4) is 0 Å². The Kier molecular flexibility index (Phi) is 4.22. The van der Waals surface area contributed by atoms with Crippen LogP contribution in [-0.4, -0.2) is 39.1 Å². The van der Waals surface area contributed by atoms with Gasteiger partial charge in [0.2, 0.25) is 0 Å². The molecule has 4 N–H and O–H groups in total. The molecule has 2 rings (SSSR count). The highest BCUT2D eigenvalue weighted by Gasteiger charge is 2.22. The van der Waals surface area contributed by atoms with Gasteiger partial charge in [-0.15, -0.1) is 0 Å². The minimum absolute atomic E-state index is 0.170. The highest BCUT2D eigenvalue weighted by Crippen LogP contribution is 2.14. The summed E-state index contributed by atoms with van der Waals surface area (Å²) < 4.78 is 0. The van der Waals surface area contributed by atoms with Gasteiger partial charge in [0.25, 0.3) is 5.91 Å². The fourth-order valence-corrected chi connectivity index (χ4v) is 1.96. The lowest BCUT2D eigenvalue weighted by atomic mass is 10.1. The van der Waals surface area contributed by atoms with Gasteiger partial charge in [-0.2, -0.15) is 0 Å². The van der Waals surface area contributed by atoms with Crippen molar-refractivity contribution >= 4 is 28.7 Å². The van der Waals surface area contributed by atoms with Crippen molar-refractivity contribution in [2.75, 3.05) is 0 Å². The number of aromatic nitrogens is 1. The van der Waals surface area contributed by atoms with Crippen molar-refractivity contribution in [3.8, 4) is 0 Å². The fraction of sp³-hybridized carbons (Fsp3) is 0.214. The third-order valence-electron chi connectivity index (χ3n) is 3.02. The van der Waals surface area contributed by atoms with Gasteiger partial charge in [0.1, 0.15) is 11.7 Å². The number of aromatic amines is 1. The number of carbonyl (C=O) groups excluding carboxylic acids is 1. The lowest BCUT2D eigenvalue weighted by Crippen LogP contribution is -2.41. The van der Waals surface area contributed by atoms with Crippen LogP contribution >= 0.6 is 0 Å². The second kappa shape index (κ2) is 6.08. The molecule has 0 aliphatic heterocycles. The van der Waals surface area contributed by atoms with E-state index >= 15 is 0 Å². The SMILES string of the molecule is O=C(O)CCC(NC(=O)c1cc2ccccc2[nH]1)C(=O)O. The van der Waals surface area contributed by atoms with Crippen LogP contribution < -0.4 is 5.32 Å². The molecule has 1 aromatic heterocycles. The summed E-state index contributed by atoms with van der Waals surface area (Å²) in [5, 5.41) is 20.7. The quantitative estimate of drug-likeness (QED) is 0.637. The van der Waals surface area contributed by atoms with Crippen LogP contribution in [-0.2, 0) is 9.59 Å². The van der Waals surface area contributed by atoms with Crippen molar-refractivity contribution in [2.45, 2.75) is 18.9 Å². The molecule has 0 radical (unpaired) electrons. The monoisotopic (exact) mass is 290 g/mol. The second-order valence-electron chi connectivity index (χ2n) is 4.57. The Labute approximate surface area is 119 Å². The van der Waals surface area contributed by atoms with E-state index in [0.717, 1.165) is 10.9 Å². The van der Waals surface area contributed by atoms with E-state index in [9.17, 15) is 14.4 Å². The number of H-pyrrole nitrogens is 1. The predicted octanol–water partition coefficient (Wildman–Crippen LogP) is 1.22. The van der Waals surface area contributed by atoms with Crippen LogP contribution in [0.2, 0.25) is 0 Å². The highest BCUT2D eigenvalue weighted by molar-refractivity contribution is 5.99. The molecule has 0 aliphatic rings. The Balaban J connectivity index is 2.10. The number of rotatable bonds is 6. The Morgan fingerprint density at radius 2 is 1.90 bits per heavy atom. The molecule has 1 unspecified atom stereocenters. The first-order valence-corrected chi connectivity index (χ1v) is 6.30. The van der Waals surface area contributed by atoms with Crippen LogP contribution in [0.4, 0.5) is 0 Å². The first kappa shape index (κ1) is 14.6. The van der Waals surface area contributed by atoms with Gasteiger partial charge in [0.05, 0.1) is 0 Å². The lowest BCUT2D eigenvalue weighted by molar-refractivity contribution is -0.140. The number of aliphatic carboxylic acids is 2. The number of carboxylic acids is 2. The number of hydrogen-bond acceptors (Lipinski definition) is 3. The van der Waals surface area contributed by atoms with Crippen LogP contribution in [0.1, 0.15) is 23.3 Å². The molecule has 1 atom stereocenters. The molecule has 0 fully saturated rings. The van der Waals surface area contributed by atoms with Gasteiger partial charge in [-0.25, -0.2) is 4.79 Å². The van der Waals surface area contributed by atoms with Crippen LogP contribution in [0.15, 0.2) is 30.3 Å². The van der Waals surface area contributed by atoms with Crippen molar-refractivity contribution in [3.63, 3.8) is 0 Å². The molecule has 21 heavy (non-hydrogen) atoms. The first-order chi connectivity index (χ1) is 9.97. The fourth-order valence-electron chi connectivity index (χ4n) is 1.96. The third kappa shape index (κ3) is 3.59. The largest absolute Gasteiger partial charge is 0.481 e. The number of amides is 1. The molecule has 2 aromatic rings. The summed E-state index contributed by atoms with van der Waals surface area (Å²) in [6.45, 7) is 0. The molecule has 1 heterocycles.